The third kappa shape index (κ3) is 7.53. The summed E-state index contributed by atoms with van der Waals surface area (Å²) in [6.45, 7) is 10.1. The molecule has 0 amide bonds. The second-order valence-electron chi connectivity index (χ2n) is 7.68. The number of nitrogens with zero attached hydrogens (tertiary/aromatic N) is 2. The summed E-state index contributed by atoms with van der Waals surface area (Å²) in [5.74, 6) is 1.09. The summed E-state index contributed by atoms with van der Waals surface area (Å²) in [5, 5.41) is 4.58. The molecule has 3 aromatic rings. The fraction of sp³-hybridized carbons (Fsp3) is 0.423. The number of hydrogen-bond acceptors (Lipinski definition) is 4. The van der Waals surface area contributed by atoms with E-state index in [0.717, 1.165) is 60.6 Å². The van der Waals surface area contributed by atoms with Gasteiger partial charge in [0.25, 0.3) is 0 Å². The van der Waals surface area contributed by atoms with Crippen molar-refractivity contribution < 1.29 is 0 Å². The molecule has 0 saturated carbocycles. The van der Waals surface area contributed by atoms with Gasteiger partial charge in [-0.2, -0.15) is 0 Å². The topological polar surface area (TPSA) is 44.0 Å². The summed E-state index contributed by atoms with van der Waals surface area (Å²) in [6, 6.07) is 20.9. The number of rotatable bonds is 14. The molecule has 2 N–H and O–H groups in total. The first kappa shape index (κ1) is 23.6. The summed E-state index contributed by atoms with van der Waals surface area (Å²) in [5.41, 5.74) is 4.47. The Morgan fingerprint density at radius 1 is 0.839 bits per heavy atom. The van der Waals surface area contributed by atoms with Crippen molar-refractivity contribution in [2.45, 2.75) is 38.3 Å². The van der Waals surface area contributed by atoms with E-state index >= 15 is 0 Å². The molecule has 0 aliphatic rings. The zero-order valence-electron chi connectivity index (χ0n) is 18.9. The van der Waals surface area contributed by atoms with Crippen molar-refractivity contribution >= 4 is 11.8 Å². The summed E-state index contributed by atoms with van der Waals surface area (Å²) in [4.78, 5) is 11.0. The number of H-pyrrole nitrogens is 1. The molecule has 3 rings (SSSR count). The van der Waals surface area contributed by atoms with Crippen LogP contribution in [0, 0.1) is 0 Å². The summed E-state index contributed by atoms with van der Waals surface area (Å²) < 4.78 is 0. The first-order chi connectivity index (χ1) is 15.3. The van der Waals surface area contributed by atoms with Gasteiger partial charge in [0, 0.05) is 30.0 Å². The minimum Gasteiger partial charge on any atom is -0.332 e. The maximum absolute atomic E-state index is 4.94. The van der Waals surface area contributed by atoms with E-state index in [2.05, 4.69) is 83.6 Å². The van der Waals surface area contributed by atoms with Gasteiger partial charge in [0.05, 0.1) is 11.4 Å². The minimum absolute atomic E-state index is 1.01. The van der Waals surface area contributed by atoms with Gasteiger partial charge in [-0.25, -0.2) is 4.98 Å². The number of nitrogens with one attached hydrogen (secondary N) is 2. The summed E-state index contributed by atoms with van der Waals surface area (Å²) in [7, 11) is 0. The van der Waals surface area contributed by atoms with E-state index in [9.17, 15) is 0 Å². The Morgan fingerprint density at radius 3 is 2.19 bits per heavy atom. The highest BCUT2D eigenvalue weighted by molar-refractivity contribution is 7.99. The molecular formula is C26H36N4S. The van der Waals surface area contributed by atoms with Crippen LogP contribution in [0.5, 0.6) is 0 Å². The molecule has 0 radical (unpaired) electrons. The maximum atomic E-state index is 4.94. The van der Waals surface area contributed by atoms with Crippen LogP contribution in [0.15, 0.2) is 65.8 Å². The normalized spacial score (nSPS) is 11.3. The lowest BCUT2D eigenvalue weighted by Gasteiger charge is -2.17. The first-order valence-electron chi connectivity index (χ1n) is 11.6. The Bertz CT molecular complexity index is 803. The predicted molar refractivity (Wildman–Crippen MR) is 135 cm³/mol. The van der Waals surface area contributed by atoms with Gasteiger partial charge in [0.15, 0.2) is 5.16 Å². The highest BCUT2D eigenvalue weighted by Crippen LogP contribution is 2.32. The average molecular weight is 437 g/mol. The molecule has 2 aromatic carbocycles. The maximum Gasteiger partial charge on any atom is 0.166 e. The average Bonchev–Trinajstić information content (AvgIpc) is 3.26. The second kappa shape index (κ2) is 13.4. The predicted octanol–water partition coefficient (Wildman–Crippen LogP) is 5.94. The van der Waals surface area contributed by atoms with E-state index in [0.29, 0.717) is 0 Å². The van der Waals surface area contributed by atoms with Gasteiger partial charge in [0.1, 0.15) is 0 Å². The van der Waals surface area contributed by atoms with E-state index in [1.807, 2.05) is 17.8 Å². The lowest BCUT2D eigenvalue weighted by Crippen LogP contribution is -2.32. The second-order valence-corrected chi connectivity index (χ2v) is 8.77. The Kier molecular flexibility index (Phi) is 10.2. The zero-order valence-corrected chi connectivity index (χ0v) is 19.8. The lowest BCUT2D eigenvalue weighted by atomic mass is 10.1. The van der Waals surface area contributed by atoms with Gasteiger partial charge >= 0.3 is 0 Å². The van der Waals surface area contributed by atoms with Gasteiger partial charge in [-0.15, -0.1) is 0 Å². The van der Waals surface area contributed by atoms with Gasteiger partial charge in [-0.3, -0.25) is 0 Å². The molecule has 0 fully saturated rings. The molecule has 1 aromatic heterocycles. The third-order valence-electron chi connectivity index (χ3n) is 5.53. The molecule has 0 aliphatic heterocycles. The molecule has 5 heteroatoms. The van der Waals surface area contributed by atoms with Crippen LogP contribution in [0.1, 0.15) is 33.1 Å². The molecule has 0 unspecified atom stereocenters. The molecule has 0 bridgehead atoms. The van der Waals surface area contributed by atoms with E-state index < -0.39 is 0 Å². The van der Waals surface area contributed by atoms with Gasteiger partial charge < -0.3 is 15.2 Å². The Balaban J connectivity index is 1.45. The Morgan fingerprint density at radius 2 is 1.52 bits per heavy atom. The SMILES string of the molecule is CCN(CC)CCNCCCCCSc1nc(-c2ccccc2)c(-c2ccccc2)[nH]1. The highest BCUT2D eigenvalue weighted by atomic mass is 32.2. The molecule has 31 heavy (non-hydrogen) atoms. The van der Waals surface area contributed by atoms with Crippen LogP contribution < -0.4 is 5.32 Å². The van der Waals surface area contributed by atoms with Crippen molar-refractivity contribution in [3.8, 4) is 22.5 Å². The van der Waals surface area contributed by atoms with Crippen molar-refractivity contribution in [2.75, 3.05) is 38.5 Å². The van der Waals surface area contributed by atoms with Gasteiger partial charge in [0.2, 0.25) is 0 Å². The van der Waals surface area contributed by atoms with E-state index in [1.165, 1.54) is 24.8 Å². The summed E-state index contributed by atoms with van der Waals surface area (Å²) in [6.07, 6.45) is 3.70. The standard InChI is InChI=1S/C26H36N4S/c1-3-30(4-2)20-19-27-18-12-7-13-21-31-26-28-24(22-14-8-5-9-15-22)25(29-26)23-16-10-6-11-17-23/h5-6,8-11,14-17,27H,3-4,7,12-13,18-21H2,1-2H3,(H,28,29). The molecule has 1 heterocycles. The first-order valence-corrected chi connectivity index (χ1v) is 12.6. The number of benzene rings is 2. The van der Waals surface area contributed by atoms with Crippen LogP contribution in [0.3, 0.4) is 0 Å². The molecule has 4 nitrogen and oxygen atoms in total. The molecule has 0 aliphatic carbocycles. The molecular weight excluding hydrogens is 400 g/mol. The van der Waals surface area contributed by atoms with Crippen LogP contribution in [-0.2, 0) is 0 Å². The number of likely N-dealkylation sites (N-methyl/N-ethyl adjacent to an activating group) is 1. The highest BCUT2D eigenvalue weighted by Gasteiger charge is 2.14. The van der Waals surface area contributed by atoms with E-state index in [4.69, 9.17) is 4.98 Å². The minimum atomic E-state index is 1.01. The fourth-order valence-electron chi connectivity index (χ4n) is 3.64. The van der Waals surface area contributed by atoms with Crippen LogP contribution in [-0.4, -0.2) is 53.3 Å². The van der Waals surface area contributed by atoms with Crippen LogP contribution in [0.25, 0.3) is 22.5 Å². The molecule has 0 spiro atoms. The zero-order chi connectivity index (χ0) is 21.7. The lowest BCUT2D eigenvalue weighted by molar-refractivity contribution is 0.302. The van der Waals surface area contributed by atoms with Crippen LogP contribution in [0.4, 0.5) is 0 Å². The largest absolute Gasteiger partial charge is 0.332 e. The Hall–Kier alpha value is -2.08. The van der Waals surface area contributed by atoms with Crippen LogP contribution in [0.2, 0.25) is 0 Å². The van der Waals surface area contributed by atoms with E-state index in [-0.39, 0.29) is 0 Å². The molecule has 166 valence electrons. The van der Waals surface area contributed by atoms with Gasteiger partial charge in [-0.05, 0) is 32.5 Å². The van der Waals surface area contributed by atoms with Crippen molar-refractivity contribution in [1.82, 2.24) is 20.2 Å². The quantitative estimate of drug-likeness (QED) is 0.242. The summed E-state index contributed by atoms with van der Waals surface area (Å²) >= 11 is 1.83. The van der Waals surface area contributed by atoms with Gasteiger partial charge in [-0.1, -0.05) is 92.7 Å². The number of imidazole rings is 1. The van der Waals surface area contributed by atoms with Crippen molar-refractivity contribution in [3.05, 3.63) is 60.7 Å². The number of aromatic nitrogens is 2. The molecule has 0 saturated heterocycles. The number of unbranched alkanes of at least 4 members (excludes halogenated alkanes) is 2. The monoisotopic (exact) mass is 436 g/mol. The smallest absolute Gasteiger partial charge is 0.166 e. The fourth-order valence-corrected chi connectivity index (χ4v) is 4.51. The third-order valence-corrected chi connectivity index (χ3v) is 6.49. The number of thioether (sulfide) groups is 1. The number of aromatic amines is 1. The Labute approximate surface area is 191 Å². The molecule has 0 atom stereocenters. The van der Waals surface area contributed by atoms with Crippen molar-refractivity contribution in [3.63, 3.8) is 0 Å². The number of hydrogen-bond donors (Lipinski definition) is 2. The van der Waals surface area contributed by atoms with Crippen molar-refractivity contribution in [2.24, 2.45) is 0 Å². The van der Waals surface area contributed by atoms with Crippen molar-refractivity contribution in [1.29, 1.82) is 0 Å². The van der Waals surface area contributed by atoms with Crippen LogP contribution >= 0.6 is 11.8 Å². The van der Waals surface area contributed by atoms with E-state index in [1.54, 1.807) is 0 Å².